The van der Waals surface area contributed by atoms with E-state index in [4.69, 9.17) is 0 Å². The van der Waals surface area contributed by atoms with Gasteiger partial charge in [0.1, 0.15) is 5.82 Å². The van der Waals surface area contributed by atoms with E-state index >= 15 is 0 Å². The normalized spacial score (nSPS) is 11.8. The molecule has 0 saturated carbocycles. The van der Waals surface area contributed by atoms with Crippen molar-refractivity contribution in [2.45, 2.75) is 45.7 Å². The summed E-state index contributed by atoms with van der Waals surface area (Å²) in [6, 6.07) is 23.6. The Kier molecular flexibility index (Phi) is 6.38. The molecule has 0 fully saturated rings. The summed E-state index contributed by atoms with van der Waals surface area (Å²) in [5.41, 5.74) is 3.44. The van der Waals surface area contributed by atoms with Gasteiger partial charge < -0.3 is 4.57 Å². The quantitative estimate of drug-likeness (QED) is 0.330. The number of nitrogens with zero attached hydrogens (tertiary/aromatic N) is 4. The van der Waals surface area contributed by atoms with Crippen LogP contribution in [0.25, 0.3) is 16.9 Å². The molecular weight excluding hydrogens is 467 g/mol. The molecule has 0 aliphatic heterocycles. The molecule has 0 radical (unpaired) electrons. The van der Waals surface area contributed by atoms with Crippen LogP contribution in [-0.4, -0.2) is 18.7 Å². The lowest BCUT2D eigenvalue weighted by molar-refractivity contribution is 0.589. The SMILES string of the molecule is CC(C)(C)c1ccc(Cn2cnc3c2c(=O)n(CCc2ccccc2)c(=O)n3-c2ccc(F)cc2)cc1. The second-order valence-corrected chi connectivity index (χ2v) is 10.3. The van der Waals surface area contributed by atoms with Crippen molar-refractivity contribution in [2.24, 2.45) is 0 Å². The first-order valence-corrected chi connectivity index (χ1v) is 12.3. The molecule has 0 N–H and O–H groups in total. The van der Waals surface area contributed by atoms with E-state index < -0.39 is 17.1 Å². The molecule has 0 aliphatic rings. The lowest BCUT2D eigenvalue weighted by atomic mass is 9.87. The van der Waals surface area contributed by atoms with E-state index in [1.165, 1.54) is 39.0 Å². The van der Waals surface area contributed by atoms with Gasteiger partial charge in [-0.25, -0.2) is 18.7 Å². The van der Waals surface area contributed by atoms with Crippen LogP contribution >= 0.6 is 0 Å². The molecule has 5 rings (SSSR count). The first kappa shape index (κ1) is 24.4. The summed E-state index contributed by atoms with van der Waals surface area (Å²) in [5, 5.41) is 0. The van der Waals surface area contributed by atoms with Crippen molar-refractivity contribution in [1.29, 1.82) is 0 Å². The molecule has 2 heterocycles. The van der Waals surface area contributed by atoms with Crippen molar-refractivity contribution in [3.05, 3.63) is 129 Å². The molecule has 0 spiro atoms. The minimum atomic E-state index is -0.500. The van der Waals surface area contributed by atoms with Crippen molar-refractivity contribution in [1.82, 2.24) is 18.7 Å². The Labute approximate surface area is 214 Å². The molecule has 3 aromatic carbocycles. The zero-order chi connectivity index (χ0) is 26.2. The largest absolute Gasteiger partial charge is 0.337 e. The molecule has 6 nitrogen and oxygen atoms in total. The molecule has 0 amide bonds. The van der Waals surface area contributed by atoms with Crippen LogP contribution in [0.3, 0.4) is 0 Å². The van der Waals surface area contributed by atoms with Gasteiger partial charge in [-0.1, -0.05) is 75.4 Å². The molecule has 7 heteroatoms. The zero-order valence-corrected chi connectivity index (χ0v) is 21.2. The van der Waals surface area contributed by atoms with E-state index in [0.717, 1.165) is 11.1 Å². The number of hydrogen-bond acceptors (Lipinski definition) is 3. The van der Waals surface area contributed by atoms with Gasteiger partial charge in [-0.2, -0.15) is 0 Å². The maximum atomic E-state index is 13.7. The Balaban J connectivity index is 1.63. The van der Waals surface area contributed by atoms with E-state index in [1.54, 1.807) is 10.9 Å². The monoisotopic (exact) mass is 496 g/mol. The minimum absolute atomic E-state index is 0.0396. The van der Waals surface area contributed by atoms with Crippen LogP contribution in [0.15, 0.2) is 94.8 Å². The van der Waals surface area contributed by atoms with Gasteiger partial charge in [-0.15, -0.1) is 0 Å². The van der Waals surface area contributed by atoms with Crippen molar-refractivity contribution in [3.8, 4) is 5.69 Å². The van der Waals surface area contributed by atoms with Crippen LogP contribution in [0.1, 0.15) is 37.5 Å². The van der Waals surface area contributed by atoms with Gasteiger partial charge in [0.25, 0.3) is 5.56 Å². The molecular formula is C30H29FN4O2. The molecule has 188 valence electrons. The van der Waals surface area contributed by atoms with E-state index in [-0.39, 0.29) is 17.6 Å². The number of rotatable bonds is 6. The zero-order valence-electron chi connectivity index (χ0n) is 21.2. The highest BCUT2D eigenvalue weighted by Gasteiger charge is 2.20. The number of fused-ring (bicyclic) bond motifs is 1. The second kappa shape index (κ2) is 9.65. The Morgan fingerprint density at radius 2 is 1.51 bits per heavy atom. The van der Waals surface area contributed by atoms with Crippen LogP contribution in [-0.2, 0) is 24.9 Å². The lowest BCUT2D eigenvalue weighted by Gasteiger charge is -2.19. The Bertz CT molecular complexity index is 1660. The average molecular weight is 497 g/mol. The fourth-order valence-corrected chi connectivity index (χ4v) is 4.51. The van der Waals surface area contributed by atoms with Crippen molar-refractivity contribution in [3.63, 3.8) is 0 Å². The lowest BCUT2D eigenvalue weighted by Crippen LogP contribution is -2.40. The third kappa shape index (κ3) is 4.89. The van der Waals surface area contributed by atoms with Gasteiger partial charge in [-0.05, 0) is 52.8 Å². The number of imidazole rings is 1. The highest BCUT2D eigenvalue weighted by molar-refractivity contribution is 5.72. The smallest absolute Gasteiger partial charge is 0.320 e. The topological polar surface area (TPSA) is 61.8 Å². The van der Waals surface area contributed by atoms with Crippen LogP contribution in [0.4, 0.5) is 4.39 Å². The second-order valence-electron chi connectivity index (χ2n) is 10.3. The average Bonchev–Trinajstić information content (AvgIpc) is 3.29. The number of aryl methyl sites for hydroxylation is 1. The molecule has 37 heavy (non-hydrogen) atoms. The van der Waals surface area contributed by atoms with Gasteiger partial charge in [0.05, 0.1) is 12.0 Å². The summed E-state index contributed by atoms with van der Waals surface area (Å²) in [7, 11) is 0. The third-order valence-corrected chi connectivity index (χ3v) is 6.62. The Hall–Kier alpha value is -4.26. The van der Waals surface area contributed by atoms with Gasteiger partial charge in [-0.3, -0.25) is 9.36 Å². The molecule has 0 aliphatic carbocycles. The van der Waals surface area contributed by atoms with Gasteiger partial charge in [0.15, 0.2) is 11.2 Å². The molecule has 0 saturated heterocycles. The van der Waals surface area contributed by atoms with E-state index in [2.05, 4.69) is 50.0 Å². The van der Waals surface area contributed by atoms with Crippen LogP contribution in [0, 0.1) is 5.82 Å². The highest BCUT2D eigenvalue weighted by atomic mass is 19.1. The summed E-state index contributed by atoms with van der Waals surface area (Å²) < 4.78 is 18.1. The van der Waals surface area contributed by atoms with Crippen molar-refractivity contribution in [2.75, 3.05) is 0 Å². The maximum absolute atomic E-state index is 13.7. The fraction of sp³-hybridized carbons (Fsp3) is 0.233. The van der Waals surface area contributed by atoms with Gasteiger partial charge >= 0.3 is 5.69 Å². The Morgan fingerprint density at radius 1 is 0.838 bits per heavy atom. The van der Waals surface area contributed by atoms with Gasteiger partial charge in [0, 0.05) is 13.1 Å². The molecule has 0 bridgehead atoms. The maximum Gasteiger partial charge on any atom is 0.337 e. The summed E-state index contributed by atoms with van der Waals surface area (Å²) in [5.74, 6) is -0.408. The number of hydrogen-bond donors (Lipinski definition) is 0. The minimum Gasteiger partial charge on any atom is -0.320 e. The van der Waals surface area contributed by atoms with Gasteiger partial charge in [0.2, 0.25) is 0 Å². The Morgan fingerprint density at radius 3 is 2.16 bits per heavy atom. The summed E-state index contributed by atoms with van der Waals surface area (Å²) >= 11 is 0. The number of aromatic nitrogens is 4. The summed E-state index contributed by atoms with van der Waals surface area (Å²) in [4.78, 5) is 31.8. The molecule has 5 aromatic rings. The van der Waals surface area contributed by atoms with Crippen molar-refractivity contribution >= 4 is 11.2 Å². The molecule has 0 unspecified atom stereocenters. The number of halogens is 1. The predicted octanol–water partition coefficient (Wildman–Crippen LogP) is 5.08. The fourth-order valence-electron chi connectivity index (χ4n) is 4.51. The van der Waals surface area contributed by atoms with E-state index in [1.807, 2.05) is 30.3 Å². The van der Waals surface area contributed by atoms with Crippen LogP contribution < -0.4 is 11.2 Å². The first-order valence-electron chi connectivity index (χ1n) is 12.3. The predicted molar refractivity (Wildman–Crippen MR) is 144 cm³/mol. The third-order valence-electron chi connectivity index (χ3n) is 6.62. The van der Waals surface area contributed by atoms with E-state index in [9.17, 15) is 14.0 Å². The highest BCUT2D eigenvalue weighted by Crippen LogP contribution is 2.23. The van der Waals surface area contributed by atoms with Crippen LogP contribution in [0.5, 0.6) is 0 Å². The summed E-state index contributed by atoms with van der Waals surface area (Å²) in [6.45, 7) is 7.13. The van der Waals surface area contributed by atoms with Crippen LogP contribution in [0.2, 0.25) is 0 Å². The molecule has 0 atom stereocenters. The number of benzene rings is 3. The molecule has 2 aromatic heterocycles. The first-order chi connectivity index (χ1) is 17.7. The van der Waals surface area contributed by atoms with Crippen molar-refractivity contribution < 1.29 is 4.39 Å². The standard InChI is InChI=1S/C30H29FN4O2/c1-30(2,3)23-11-9-22(10-12-23)19-33-20-32-27-26(33)28(36)34(18-17-21-7-5-4-6-8-21)29(37)35(27)25-15-13-24(31)14-16-25/h4-16,20H,17-19H2,1-3H3. The van der Waals surface area contributed by atoms with E-state index in [0.29, 0.717) is 24.2 Å². The summed E-state index contributed by atoms with van der Waals surface area (Å²) in [6.07, 6.45) is 2.11.